The number of ether oxygens (including phenoxy) is 2. The number of halogens is 3. The Morgan fingerprint density at radius 3 is 1.00 bits per heavy atom. The number of alkyl halides is 3. The van der Waals surface area contributed by atoms with E-state index in [2.05, 4.69) is 9.47 Å². The molecule has 0 N–H and O–H groups in total. The van der Waals surface area contributed by atoms with Gasteiger partial charge in [-0.25, -0.2) is 0 Å². The van der Waals surface area contributed by atoms with Crippen LogP contribution >= 0.6 is 0 Å². The molecule has 0 aromatic rings. The molecule has 0 fully saturated rings. The lowest BCUT2D eigenvalue weighted by molar-refractivity contribution is -0.833. The van der Waals surface area contributed by atoms with Gasteiger partial charge in [0, 0.05) is 0 Å². The van der Waals surface area contributed by atoms with Crippen molar-refractivity contribution in [3.63, 3.8) is 0 Å². The molecule has 0 aromatic carbocycles. The van der Waals surface area contributed by atoms with Gasteiger partial charge in [-0.05, 0) is 0 Å². The van der Waals surface area contributed by atoms with E-state index in [0.717, 1.165) is 0 Å². The average molecular weight is 411 g/mol. The van der Waals surface area contributed by atoms with E-state index in [1.165, 1.54) is 0 Å². The Morgan fingerprint density at radius 2 is 0.815 bits per heavy atom. The maximum atomic E-state index is 14.0. The second-order valence-corrected chi connectivity index (χ2v) is 4.63. The lowest BCUT2D eigenvalue weighted by atomic mass is 10.3. The van der Waals surface area contributed by atoms with Crippen molar-refractivity contribution in [2.24, 2.45) is 0 Å². The topological polar surface area (TPSA) is 234 Å². The first kappa shape index (κ1) is 23.7. The molecule has 0 heterocycles. The molecule has 0 rings (SSSR count). The number of nitrogens with zero attached hydrogens (tertiary/aromatic N) is 5. The van der Waals surface area contributed by atoms with Crippen LogP contribution in [0, 0.1) is 50.6 Å². The van der Waals surface area contributed by atoms with E-state index in [0.29, 0.717) is 0 Å². The number of nitro groups is 5. The van der Waals surface area contributed by atoms with Crippen molar-refractivity contribution < 1.29 is 47.3 Å². The van der Waals surface area contributed by atoms with E-state index < -0.39 is 68.7 Å². The minimum Gasteiger partial charge on any atom is -0.353 e. The molecule has 0 saturated heterocycles. The predicted octanol–water partition coefficient (Wildman–Crippen LogP) is -0.684. The molecule has 20 heteroatoms. The Labute approximate surface area is 143 Å². The van der Waals surface area contributed by atoms with Gasteiger partial charge in [-0.1, -0.05) is 8.78 Å². The maximum Gasteiger partial charge on any atom is 0.637 e. The van der Waals surface area contributed by atoms with Crippen molar-refractivity contribution in [3.05, 3.63) is 50.6 Å². The molecule has 27 heavy (non-hydrogen) atoms. The molecule has 0 spiro atoms. The van der Waals surface area contributed by atoms with Crippen molar-refractivity contribution in [1.82, 2.24) is 0 Å². The summed E-state index contributed by atoms with van der Waals surface area (Å²) >= 11 is 0. The highest BCUT2D eigenvalue weighted by Crippen LogP contribution is 2.20. The molecule has 0 radical (unpaired) electrons. The van der Waals surface area contributed by atoms with Gasteiger partial charge in [0.05, 0.1) is 4.92 Å². The highest BCUT2D eigenvalue weighted by Gasteiger charge is 2.61. The zero-order valence-corrected chi connectivity index (χ0v) is 12.6. The fraction of sp³-hybridized carbons (Fsp3) is 1.00. The second kappa shape index (κ2) is 8.39. The van der Waals surface area contributed by atoms with Crippen LogP contribution in [0.5, 0.6) is 0 Å². The van der Waals surface area contributed by atoms with Crippen LogP contribution in [-0.4, -0.2) is 68.7 Å². The third-order valence-electron chi connectivity index (χ3n) is 2.66. The molecule has 0 atom stereocenters. The smallest absolute Gasteiger partial charge is 0.353 e. The summed E-state index contributed by atoms with van der Waals surface area (Å²) in [7, 11) is 0. The summed E-state index contributed by atoms with van der Waals surface area (Å²) < 4.78 is 48.5. The minimum atomic E-state index is -4.47. The lowest BCUT2D eigenvalue weighted by Gasteiger charge is -2.17. The van der Waals surface area contributed by atoms with Gasteiger partial charge in [-0.2, -0.15) is 4.39 Å². The van der Waals surface area contributed by atoms with Crippen LogP contribution in [0.4, 0.5) is 13.2 Å². The summed E-state index contributed by atoms with van der Waals surface area (Å²) in [6.45, 7) is -7.99. The van der Waals surface area contributed by atoms with E-state index in [4.69, 9.17) is 0 Å². The molecule has 0 aliphatic carbocycles. The van der Waals surface area contributed by atoms with Crippen LogP contribution in [0.15, 0.2) is 0 Å². The van der Waals surface area contributed by atoms with Gasteiger partial charge in [0.15, 0.2) is 13.2 Å². The normalized spacial score (nSPS) is 12.4. The molecule has 0 aromatic heterocycles. The Balaban J connectivity index is 5.03. The van der Waals surface area contributed by atoms with Crippen molar-refractivity contribution in [2.45, 2.75) is 17.6 Å². The molecule has 0 amide bonds. The van der Waals surface area contributed by atoms with Crippen LogP contribution in [0.1, 0.15) is 0 Å². The molecular formula is C7H8F3N5O12. The Kier molecular flexibility index (Phi) is 7.37. The molecule has 0 saturated carbocycles. The SMILES string of the molecule is O=[N+]([O-])C(F)(COCC(F)([N+](=O)[O-])[N+](=O)[O-])COCC(F)([N+](=O)[O-])[N+](=O)[O-]. The third kappa shape index (κ3) is 5.34. The standard InChI is InChI=1S/C7H8F3N5O12/c8-5(11(16)17,1-26-3-6(9,12(18)19)13(20)21)2-27-4-7(10,14(22)23)15(24)25/h1-4H2. The van der Waals surface area contributed by atoms with Crippen molar-refractivity contribution >= 4 is 0 Å². The minimum absolute atomic E-state index is 1.84. The van der Waals surface area contributed by atoms with Gasteiger partial charge >= 0.3 is 17.6 Å². The zero-order valence-electron chi connectivity index (χ0n) is 12.6. The fourth-order valence-corrected chi connectivity index (χ4v) is 1.17. The van der Waals surface area contributed by atoms with Gasteiger partial charge in [-0.3, -0.25) is 50.6 Å². The third-order valence-corrected chi connectivity index (χ3v) is 2.66. The van der Waals surface area contributed by atoms with E-state index >= 15 is 0 Å². The first-order chi connectivity index (χ1) is 12.1. The Morgan fingerprint density at radius 1 is 0.556 bits per heavy atom. The van der Waals surface area contributed by atoms with Gasteiger partial charge in [0.2, 0.25) is 13.2 Å². The largest absolute Gasteiger partial charge is 0.637 e. The average Bonchev–Trinajstić information content (AvgIpc) is 2.53. The lowest BCUT2D eigenvalue weighted by Crippen LogP contribution is -2.50. The van der Waals surface area contributed by atoms with Crippen LogP contribution in [-0.2, 0) is 9.47 Å². The number of hydrogen-bond donors (Lipinski definition) is 0. The fourth-order valence-electron chi connectivity index (χ4n) is 1.17. The summed E-state index contributed by atoms with van der Waals surface area (Å²) in [4.78, 5) is 41.5. The van der Waals surface area contributed by atoms with Gasteiger partial charge in [0.25, 0.3) is 0 Å². The molecular weight excluding hydrogens is 403 g/mol. The first-order valence-electron chi connectivity index (χ1n) is 6.08. The Hall–Kier alpha value is -3.29. The van der Waals surface area contributed by atoms with Crippen LogP contribution in [0.3, 0.4) is 0 Å². The molecule has 0 aliphatic rings. The van der Waals surface area contributed by atoms with Crippen molar-refractivity contribution in [3.8, 4) is 0 Å². The molecule has 0 unspecified atom stereocenters. The predicted molar refractivity (Wildman–Crippen MR) is 68.1 cm³/mol. The van der Waals surface area contributed by atoms with Crippen LogP contribution in [0.25, 0.3) is 0 Å². The number of hydrogen-bond acceptors (Lipinski definition) is 12. The van der Waals surface area contributed by atoms with E-state index in [-0.39, 0.29) is 0 Å². The summed E-state index contributed by atoms with van der Waals surface area (Å²) in [5, 5.41) is 51.6. The van der Waals surface area contributed by atoms with Crippen molar-refractivity contribution in [1.29, 1.82) is 0 Å². The summed E-state index contributed by atoms with van der Waals surface area (Å²) in [6.07, 6.45) is 0. The van der Waals surface area contributed by atoms with E-state index in [1.54, 1.807) is 0 Å². The summed E-state index contributed by atoms with van der Waals surface area (Å²) in [6, 6.07) is 0. The highest BCUT2D eigenvalue weighted by molar-refractivity contribution is 4.67. The monoisotopic (exact) mass is 411 g/mol. The highest BCUT2D eigenvalue weighted by atomic mass is 19.2. The summed E-state index contributed by atoms with van der Waals surface area (Å²) in [5.74, 6) is -12.9. The molecule has 0 bridgehead atoms. The first-order valence-corrected chi connectivity index (χ1v) is 6.08. The second-order valence-electron chi connectivity index (χ2n) is 4.63. The van der Waals surface area contributed by atoms with Gasteiger partial charge < -0.3 is 9.47 Å². The molecule has 0 aliphatic heterocycles. The van der Waals surface area contributed by atoms with Gasteiger partial charge in [0.1, 0.15) is 19.7 Å². The van der Waals surface area contributed by atoms with Crippen LogP contribution < -0.4 is 0 Å². The molecule has 17 nitrogen and oxygen atoms in total. The van der Waals surface area contributed by atoms with E-state index in [9.17, 15) is 63.7 Å². The molecule has 154 valence electrons. The van der Waals surface area contributed by atoms with Gasteiger partial charge in [-0.15, -0.1) is 0 Å². The zero-order chi connectivity index (χ0) is 21.6. The summed E-state index contributed by atoms with van der Waals surface area (Å²) in [5.41, 5.74) is 0. The number of rotatable bonds is 13. The Bertz CT molecular complexity index is 573. The van der Waals surface area contributed by atoms with E-state index in [1.807, 2.05) is 0 Å². The van der Waals surface area contributed by atoms with Crippen LogP contribution in [0.2, 0.25) is 0 Å². The maximum absolute atomic E-state index is 14.0. The van der Waals surface area contributed by atoms with Crippen molar-refractivity contribution in [2.75, 3.05) is 26.4 Å². The quantitative estimate of drug-likeness (QED) is 0.158.